The summed E-state index contributed by atoms with van der Waals surface area (Å²) in [5.41, 5.74) is 2.40. The molecule has 2 heteroatoms. The van der Waals surface area contributed by atoms with Gasteiger partial charge in [-0.1, -0.05) is 48.5 Å². The van der Waals surface area contributed by atoms with Gasteiger partial charge in [-0.2, -0.15) is 0 Å². The van der Waals surface area contributed by atoms with E-state index in [4.69, 9.17) is 4.74 Å². The van der Waals surface area contributed by atoms with Gasteiger partial charge in [0.25, 0.3) is 0 Å². The van der Waals surface area contributed by atoms with E-state index in [-0.39, 0.29) is 5.22 Å². The second-order valence-electron chi connectivity index (χ2n) is 7.05. The molecule has 1 rings (SSSR count). The molecule has 108 valence electrons. The third kappa shape index (κ3) is 2.31. The lowest BCUT2D eigenvalue weighted by Crippen LogP contribution is -2.66. The van der Waals surface area contributed by atoms with E-state index in [1.165, 1.54) is 25.7 Å². The molecule has 1 aliphatic rings. The van der Waals surface area contributed by atoms with Gasteiger partial charge in [0.2, 0.25) is 0 Å². The highest BCUT2D eigenvalue weighted by Gasteiger charge is 2.58. The zero-order valence-corrected chi connectivity index (χ0v) is 14.7. The Kier molecular flexibility index (Phi) is 5.49. The molecule has 1 fully saturated rings. The standard InChI is InChI=1S/C16H34OSi/c1-8-16(11-9-10-12-17-16)18(13(2)3,14(4)5)15(6)7/h13-15H,8-12H2,1-7H3. The van der Waals surface area contributed by atoms with Crippen LogP contribution in [0.4, 0.5) is 0 Å². The fraction of sp³-hybridized carbons (Fsp3) is 1.00. The Hall–Kier alpha value is 0.177. The van der Waals surface area contributed by atoms with E-state index in [2.05, 4.69) is 48.5 Å². The van der Waals surface area contributed by atoms with Gasteiger partial charge in [-0.15, -0.1) is 0 Å². The van der Waals surface area contributed by atoms with Crippen molar-refractivity contribution >= 4 is 8.07 Å². The lowest BCUT2D eigenvalue weighted by atomic mass is 10.1. The van der Waals surface area contributed by atoms with Crippen LogP contribution in [0, 0.1) is 0 Å². The largest absolute Gasteiger partial charge is 0.378 e. The van der Waals surface area contributed by atoms with E-state index in [1.54, 1.807) is 0 Å². The molecule has 1 saturated heterocycles. The second kappa shape index (κ2) is 6.09. The van der Waals surface area contributed by atoms with Crippen LogP contribution in [0.2, 0.25) is 16.6 Å². The topological polar surface area (TPSA) is 9.23 Å². The Morgan fingerprint density at radius 1 is 0.944 bits per heavy atom. The maximum absolute atomic E-state index is 6.53. The van der Waals surface area contributed by atoms with Crippen LogP contribution in [0.15, 0.2) is 0 Å². The van der Waals surface area contributed by atoms with Crippen LogP contribution in [0.25, 0.3) is 0 Å². The van der Waals surface area contributed by atoms with Crippen molar-refractivity contribution in [1.29, 1.82) is 0 Å². The van der Waals surface area contributed by atoms with Crippen molar-refractivity contribution in [2.45, 2.75) is 96.0 Å². The van der Waals surface area contributed by atoms with Crippen LogP contribution in [-0.4, -0.2) is 19.9 Å². The molecule has 0 amide bonds. The van der Waals surface area contributed by atoms with Crippen molar-refractivity contribution in [3.05, 3.63) is 0 Å². The quantitative estimate of drug-likeness (QED) is 0.595. The Labute approximate surface area is 116 Å². The van der Waals surface area contributed by atoms with E-state index in [0.717, 1.165) is 23.2 Å². The molecule has 1 unspecified atom stereocenters. The summed E-state index contributed by atoms with van der Waals surface area (Å²) >= 11 is 0. The monoisotopic (exact) mass is 270 g/mol. The number of rotatable bonds is 5. The van der Waals surface area contributed by atoms with Crippen molar-refractivity contribution in [3.63, 3.8) is 0 Å². The van der Waals surface area contributed by atoms with Crippen LogP contribution in [0.3, 0.4) is 0 Å². The summed E-state index contributed by atoms with van der Waals surface area (Å²) in [6.45, 7) is 18.1. The highest BCUT2D eigenvalue weighted by molar-refractivity contribution is 6.86. The summed E-state index contributed by atoms with van der Waals surface area (Å²) in [5, 5.41) is 0.238. The second-order valence-corrected chi connectivity index (χ2v) is 13.3. The minimum absolute atomic E-state index is 0.238. The molecule has 0 radical (unpaired) electrons. The molecule has 0 N–H and O–H groups in total. The van der Waals surface area contributed by atoms with Gasteiger partial charge in [0.05, 0.1) is 13.3 Å². The minimum Gasteiger partial charge on any atom is -0.378 e. The molecule has 1 atom stereocenters. The van der Waals surface area contributed by atoms with Crippen molar-refractivity contribution in [3.8, 4) is 0 Å². The van der Waals surface area contributed by atoms with E-state index in [1.807, 2.05) is 0 Å². The maximum Gasteiger partial charge on any atom is 0.0990 e. The van der Waals surface area contributed by atoms with Crippen molar-refractivity contribution in [2.75, 3.05) is 6.61 Å². The molecule has 0 spiro atoms. The Bertz CT molecular complexity index is 230. The normalized spacial score (nSPS) is 26.3. The van der Waals surface area contributed by atoms with Crippen LogP contribution >= 0.6 is 0 Å². The first-order chi connectivity index (χ1) is 8.35. The number of ether oxygens (including phenoxy) is 1. The van der Waals surface area contributed by atoms with Gasteiger partial charge in [-0.25, -0.2) is 0 Å². The lowest BCUT2D eigenvalue weighted by Gasteiger charge is -2.57. The van der Waals surface area contributed by atoms with Crippen LogP contribution in [0.5, 0.6) is 0 Å². The van der Waals surface area contributed by atoms with Gasteiger partial charge in [0, 0.05) is 6.61 Å². The zero-order chi connectivity index (χ0) is 14.0. The van der Waals surface area contributed by atoms with Crippen LogP contribution < -0.4 is 0 Å². The van der Waals surface area contributed by atoms with Gasteiger partial charge < -0.3 is 4.74 Å². The molecule has 1 aliphatic heterocycles. The summed E-state index contributed by atoms with van der Waals surface area (Å²) in [6, 6.07) is 0. The molecule has 0 saturated carbocycles. The fourth-order valence-electron chi connectivity index (χ4n) is 5.36. The van der Waals surface area contributed by atoms with Gasteiger partial charge >= 0.3 is 0 Å². The fourth-order valence-corrected chi connectivity index (χ4v) is 14.1. The van der Waals surface area contributed by atoms with Crippen molar-refractivity contribution in [1.82, 2.24) is 0 Å². The smallest absolute Gasteiger partial charge is 0.0990 e. The first-order valence-corrected chi connectivity index (χ1v) is 10.2. The summed E-state index contributed by atoms with van der Waals surface area (Å²) in [7, 11) is -1.50. The van der Waals surface area contributed by atoms with Crippen LogP contribution in [0.1, 0.15) is 74.1 Å². The third-order valence-electron chi connectivity index (χ3n) is 5.58. The molecule has 0 aromatic rings. The van der Waals surface area contributed by atoms with Gasteiger partial charge in [0.15, 0.2) is 0 Å². The maximum atomic E-state index is 6.53. The van der Waals surface area contributed by atoms with E-state index < -0.39 is 8.07 Å². The predicted molar refractivity (Wildman–Crippen MR) is 83.9 cm³/mol. The van der Waals surface area contributed by atoms with Crippen molar-refractivity contribution < 1.29 is 4.74 Å². The van der Waals surface area contributed by atoms with Gasteiger partial charge in [-0.3, -0.25) is 0 Å². The van der Waals surface area contributed by atoms with Crippen molar-refractivity contribution in [2.24, 2.45) is 0 Å². The first-order valence-electron chi connectivity index (χ1n) is 7.99. The highest BCUT2D eigenvalue weighted by Crippen LogP contribution is 2.53. The average Bonchev–Trinajstić information content (AvgIpc) is 2.29. The van der Waals surface area contributed by atoms with E-state index >= 15 is 0 Å². The molecule has 0 bridgehead atoms. The van der Waals surface area contributed by atoms with E-state index in [0.29, 0.717) is 0 Å². The molecule has 1 heterocycles. The summed E-state index contributed by atoms with van der Waals surface area (Å²) < 4.78 is 6.53. The Morgan fingerprint density at radius 3 is 1.72 bits per heavy atom. The van der Waals surface area contributed by atoms with Crippen LogP contribution in [-0.2, 0) is 4.74 Å². The number of hydrogen-bond acceptors (Lipinski definition) is 1. The molecular weight excluding hydrogens is 236 g/mol. The third-order valence-corrected chi connectivity index (χ3v) is 13.6. The molecular formula is C16H34OSi. The molecule has 1 nitrogen and oxygen atoms in total. The highest BCUT2D eigenvalue weighted by atomic mass is 28.3. The summed E-state index contributed by atoms with van der Waals surface area (Å²) in [5.74, 6) is 0. The average molecular weight is 271 g/mol. The summed E-state index contributed by atoms with van der Waals surface area (Å²) in [6.07, 6.45) is 5.16. The Morgan fingerprint density at radius 2 is 1.44 bits per heavy atom. The molecule has 0 aliphatic carbocycles. The van der Waals surface area contributed by atoms with Gasteiger partial charge in [0.1, 0.15) is 0 Å². The lowest BCUT2D eigenvalue weighted by molar-refractivity contribution is -0.0326. The summed E-state index contributed by atoms with van der Waals surface area (Å²) in [4.78, 5) is 0. The van der Waals surface area contributed by atoms with E-state index in [9.17, 15) is 0 Å². The Balaban J connectivity index is 3.29. The molecule has 0 aromatic heterocycles. The van der Waals surface area contributed by atoms with Gasteiger partial charge in [-0.05, 0) is 42.3 Å². The first kappa shape index (κ1) is 16.2. The minimum atomic E-state index is -1.50. The predicted octanol–water partition coefficient (Wildman–Crippen LogP) is 5.55. The molecule has 0 aromatic carbocycles. The molecule has 18 heavy (non-hydrogen) atoms. The SMILES string of the molecule is CCC1([Si](C(C)C)(C(C)C)C(C)C)CCCCO1. The zero-order valence-electron chi connectivity index (χ0n) is 13.7. The number of hydrogen-bond donors (Lipinski definition) is 0.